The van der Waals surface area contributed by atoms with Crippen molar-refractivity contribution in [2.45, 2.75) is 11.4 Å². The molecule has 25 heavy (non-hydrogen) atoms. The van der Waals surface area contributed by atoms with Crippen molar-refractivity contribution in [2.75, 3.05) is 6.67 Å². The summed E-state index contributed by atoms with van der Waals surface area (Å²) in [6, 6.07) is 10.2. The Hall–Kier alpha value is -2.91. The standard InChI is InChI=1S/C16H13N5O3S/c17-25(23,24)13-3-1-2-11(14(13)15-19-8-20-21-15)9-4-5-10-7-18-16(22)12(10)6-9/h1-6H,7-8H2,(H,18,22)(H2,17,23,24). The van der Waals surface area contributed by atoms with E-state index in [4.69, 9.17) is 5.14 Å². The largest absolute Gasteiger partial charge is 0.348 e. The summed E-state index contributed by atoms with van der Waals surface area (Å²) in [6.45, 7) is 0.625. The van der Waals surface area contributed by atoms with Crippen LogP contribution in [0.5, 0.6) is 0 Å². The molecule has 0 fully saturated rings. The molecule has 126 valence electrons. The van der Waals surface area contributed by atoms with Crippen LogP contribution in [-0.4, -0.2) is 26.8 Å². The number of carbonyl (C=O) groups excluding carboxylic acids is 1. The number of primary sulfonamides is 1. The number of nitrogens with one attached hydrogen (secondary N) is 1. The Morgan fingerprint density at radius 3 is 2.68 bits per heavy atom. The van der Waals surface area contributed by atoms with Gasteiger partial charge in [0.05, 0.1) is 4.90 Å². The van der Waals surface area contributed by atoms with Gasteiger partial charge in [0.1, 0.15) is 0 Å². The Labute approximate surface area is 143 Å². The molecule has 1 amide bonds. The first-order valence-electron chi connectivity index (χ1n) is 7.45. The second-order valence-corrected chi connectivity index (χ2v) is 7.17. The molecule has 3 N–H and O–H groups in total. The third-order valence-corrected chi connectivity index (χ3v) is 5.06. The molecule has 0 saturated heterocycles. The highest BCUT2D eigenvalue weighted by Gasteiger charge is 2.25. The van der Waals surface area contributed by atoms with Gasteiger partial charge < -0.3 is 5.32 Å². The van der Waals surface area contributed by atoms with Crippen LogP contribution in [0, 0.1) is 0 Å². The van der Waals surface area contributed by atoms with Gasteiger partial charge in [0.25, 0.3) is 5.91 Å². The number of sulfonamides is 1. The molecule has 0 spiro atoms. The second-order valence-electron chi connectivity index (χ2n) is 5.64. The van der Waals surface area contributed by atoms with E-state index in [0.717, 1.165) is 5.56 Å². The molecule has 0 bridgehead atoms. The van der Waals surface area contributed by atoms with E-state index in [-0.39, 0.29) is 23.3 Å². The Bertz CT molecular complexity index is 1070. The molecule has 0 atom stereocenters. The van der Waals surface area contributed by atoms with Crippen molar-refractivity contribution in [1.29, 1.82) is 0 Å². The van der Waals surface area contributed by atoms with Crippen molar-refractivity contribution in [1.82, 2.24) is 5.32 Å². The molecule has 4 rings (SSSR count). The summed E-state index contributed by atoms with van der Waals surface area (Å²) in [5.41, 5.74) is 3.02. The second kappa shape index (κ2) is 5.57. The molecule has 2 heterocycles. The van der Waals surface area contributed by atoms with E-state index in [1.54, 1.807) is 18.2 Å². The van der Waals surface area contributed by atoms with E-state index in [2.05, 4.69) is 20.5 Å². The smallest absolute Gasteiger partial charge is 0.251 e. The lowest BCUT2D eigenvalue weighted by atomic mass is 9.96. The van der Waals surface area contributed by atoms with Gasteiger partial charge in [0.15, 0.2) is 12.5 Å². The zero-order valence-corrected chi connectivity index (χ0v) is 13.7. The number of benzene rings is 2. The van der Waals surface area contributed by atoms with Crippen LogP contribution in [0.1, 0.15) is 21.5 Å². The van der Waals surface area contributed by atoms with Gasteiger partial charge in [-0.15, -0.1) is 5.11 Å². The normalized spacial score (nSPS) is 15.9. The summed E-state index contributed by atoms with van der Waals surface area (Å²) in [6.07, 6.45) is 0. The summed E-state index contributed by atoms with van der Waals surface area (Å²) in [4.78, 5) is 16.0. The maximum absolute atomic E-state index is 12.0. The first-order chi connectivity index (χ1) is 11.9. The third-order valence-electron chi connectivity index (χ3n) is 4.11. The number of nitrogens with two attached hydrogens (primary N) is 1. The van der Waals surface area contributed by atoms with Gasteiger partial charge in [0.2, 0.25) is 10.0 Å². The highest BCUT2D eigenvalue weighted by atomic mass is 32.2. The number of aliphatic imine (C=N–C) groups is 1. The third kappa shape index (κ3) is 2.63. The highest BCUT2D eigenvalue weighted by molar-refractivity contribution is 7.89. The number of hydrogen-bond donors (Lipinski definition) is 2. The topological polar surface area (TPSA) is 126 Å². The van der Waals surface area contributed by atoms with Gasteiger partial charge in [-0.3, -0.25) is 4.79 Å². The van der Waals surface area contributed by atoms with Crippen LogP contribution in [0.25, 0.3) is 11.1 Å². The molecule has 0 saturated carbocycles. The number of azo groups is 1. The Morgan fingerprint density at radius 1 is 1.12 bits per heavy atom. The van der Waals surface area contributed by atoms with Crippen LogP contribution in [0.4, 0.5) is 0 Å². The van der Waals surface area contributed by atoms with E-state index < -0.39 is 10.0 Å². The first kappa shape index (κ1) is 15.6. The number of rotatable bonds is 3. The SMILES string of the molecule is NS(=O)(=O)c1cccc(-c2ccc3c(c2)C(=O)NC3)c1C1=NCN=N1. The average molecular weight is 355 g/mol. The van der Waals surface area contributed by atoms with Gasteiger partial charge in [-0.2, -0.15) is 5.11 Å². The van der Waals surface area contributed by atoms with Crippen LogP contribution in [-0.2, 0) is 16.6 Å². The molecule has 0 aliphatic carbocycles. The summed E-state index contributed by atoms with van der Waals surface area (Å²) in [5, 5.41) is 15.8. The Balaban J connectivity index is 1.98. The minimum atomic E-state index is -3.99. The predicted octanol–water partition coefficient (Wildman–Crippen LogP) is 1.41. The summed E-state index contributed by atoms with van der Waals surface area (Å²) >= 11 is 0. The number of hydrogen-bond acceptors (Lipinski definition) is 6. The minimum absolute atomic E-state index is 0.0745. The van der Waals surface area contributed by atoms with Gasteiger partial charge in [-0.25, -0.2) is 18.5 Å². The fraction of sp³-hybridized carbons (Fsp3) is 0.125. The maximum atomic E-state index is 12.0. The number of amides is 1. The first-order valence-corrected chi connectivity index (χ1v) is 8.99. The molecule has 9 heteroatoms. The van der Waals surface area contributed by atoms with Crippen LogP contribution in [0.3, 0.4) is 0 Å². The average Bonchev–Trinajstić information content (AvgIpc) is 3.23. The van der Waals surface area contributed by atoms with Crippen molar-refractivity contribution in [3.63, 3.8) is 0 Å². The lowest BCUT2D eigenvalue weighted by Crippen LogP contribution is -2.17. The molecule has 2 aliphatic heterocycles. The van der Waals surface area contributed by atoms with Gasteiger partial charge in [-0.05, 0) is 28.8 Å². The monoisotopic (exact) mass is 355 g/mol. The fourth-order valence-electron chi connectivity index (χ4n) is 2.98. The zero-order valence-electron chi connectivity index (χ0n) is 12.9. The summed E-state index contributed by atoms with van der Waals surface area (Å²) in [7, 11) is -3.99. The molecule has 0 aromatic heterocycles. The number of nitrogens with zero attached hydrogens (tertiary/aromatic N) is 3. The maximum Gasteiger partial charge on any atom is 0.251 e. The van der Waals surface area contributed by atoms with Gasteiger partial charge >= 0.3 is 0 Å². The zero-order chi connectivity index (χ0) is 17.6. The fourth-order valence-corrected chi connectivity index (χ4v) is 3.73. The van der Waals surface area contributed by atoms with Gasteiger partial charge in [-0.1, -0.05) is 24.3 Å². The van der Waals surface area contributed by atoms with Crippen molar-refractivity contribution >= 4 is 21.8 Å². The summed E-state index contributed by atoms with van der Waals surface area (Å²) in [5.74, 6) is 0.0588. The molecule has 2 aromatic rings. The Morgan fingerprint density at radius 2 is 1.96 bits per heavy atom. The molecule has 2 aliphatic rings. The lowest BCUT2D eigenvalue weighted by molar-refractivity contribution is 0.0966. The van der Waals surface area contributed by atoms with E-state index in [1.807, 2.05) is 12.1 Å². The summed E-state index contributed by atoms with van der Waals surface area (Å²) < 4.78 is 24.0. The number of fused-ring (bicyclic) bond motifs is 1. The lowest BCUT2D eigenvalue weighted by Gasteiger charge is -2.13. The molecule has 8 nitrogen and oxygen atoms in total. The van der Waals surface area contributed by atoms with Crippen molar-refractivity contribution in [3.8, 4) is 11.1 Å². The molecule has 0 unspecified atom stereocenters. The van der Waals surface area contributed by atoms with Crippen molar-refractivity contribution in [3.05, 3.63) is 53.1 Å². The predicted molar refractivity (Wildman–Crippen MR) is 90.7 cm³/mol. The Kier molecular flexibility index (Phi) is 3.48. The van der Waals surface area contributed by atoms with Crippen LogP contribution in [0.15, 0.2) is 56.5 Å². The molecular weight excluding hydrogens is 342 g/mol. The van der Waals surface area contributed by atoms with Crippen LogP contribution in [0.2, 0.25) is 0 Å². The van der Waals surface area contributed by atoms with Crippen molar-refractivity contribution in [2.24, 2.45) is 20.4 Å². The number of amidine groups is 1. The minimum Gasteiger partial charge on any atom is -0.348 e. The van der Waals surface area contributed by atoms with E-state index >= 15 is 0 Å². The van der Waals surface area contributed by atoms with Crippen molar-refractivity contribution < 1.29 is 13.2 Å². The molecule has 2 aromatic carbocycles. The highest BCUT2D eigenvalue weighted by Crippen LogP contribution is 2.32. The molecule has 0 radical (unpaired) electrons. The van der Waals surface area contributed by atoms with Gasteiger partial charge in [0, 0.05) is 17.7 Å². The molecular formula is C16H13N5O3S. The number of carbonyl (C=O) groups is 1. The quantitative estimate of drug-likeness (QED) is 0.864. The van der Waals surface area contributed by atoms with E-state index in [0.29, 0.717) is 28.8 Å². The van der Waals surface area contributed by atoms with Crippen LogP contribution < -0.4 is 10.5 Å². The van der Waals surface area contributed by atoms with E-state index in [1.165, 1.54) is 6.07 Å². The van der Waals surface area contributed by atoms with E-state index in [9.17, 15) is 13.2 Å². The van der Waals surface area contributed by atoms with Crippen LogP contribution >= 0.6 is 0 Å².